The van der Waals surface area contributed by atoms with Gasteiger partial charge in [0.25, 0.3) is 0 Å². The maximum Gasteiger partial charge on any atom is 0.183 e. The first-order valence-corrected chi connectivity index (χ1v) is 6.05. The highest BCUT2D eigenvalue weighted by Gasteiger charge is 2.22. The van der Waals surface area contributed by atoms with E-state index < -0.39 is 11.6 Å². The third kappa shape index (κ3) is 2.68. The van der Waals surface area contributed by atoms with Gasteiger partial charge >= 0.3 is 0 Å². The van der Waals surface area contributed by atoms with E-state index in [1.54, 1.807) is 0 Å². The van der Waals surface area contributed by atoms with Gasteiger partial charge in [0.2, 0.25) is 0 Å². The van der Waals surface area contributed by atoms with Gasteiger partial charge in [-0.3, -0.25) is 0 Å². The monoisotopic (exact) mass is 240 g/mol. The molecule has 17 heavy (non-hydrogen) atoms. The van der Waals surface area contributed by atoms with Gasteiger partial charge in [0.15, 0.2) is 11.6 Å². The molecule has 0 bridgehead atoms. The van der Waals surface area contributed by atoms with Crippen LogP contribution in [0.5, 0.6) is 0 Å². The number of anilines is 2. The maximum atomic E-state index is 13.5. The van der Waals surface area contributed by atoms with E-state index in [0.717, 1.165) is 24.8 Å². The van der Waals surface area contributed by atoms with Crippen LogP contribution in [0.1, 0.15) is 26.2 Å². The van der Waals surface area contributed by atoms with E-state index in [1.807, 2.05) is 0 Å². The number of nitrogen functional groups attached to an aromatic ring is 1. The van der Waals surface area contributed by atoms with Gasteiger partial charge in [-0.1, -0.05) is 13.3 Å². The lowest BCUT2D eigenvalue weighted by atomic mass is 10.1. The number of nitrogens with two attached hydrogens (primary N) is 1. The Labute approximate surface area is 100 Å². The second-order valence-electron chi connectivity index (χ2n) is 4.99. The molecule has 0 amide bonds. The van der Waals surface area contributed by atoms with E-state index in [1.165, 1.54) is 12.5 Å². The minimum Gasteiger partial charge on any atom is -0.397 e. The summed E-state index contributed by atoms with van der Waals surface area (Å²) in [5.74, 6) is -0.471. The highest BCUT2D eigenvalue weighted by Crippen LogP contribution is 2.31. The number of benzene rings is 1. The SMILES string of the molecule is CC1CCC(CNc2c(N)ccc(F)c2F)C1. The van der Waals surface area contributed by atoms with Crippen molar-refractivity contribution in [3.05, 3.63) is 23.8 Å². The van der Waals surface area contributed by atoms with Crippen molar-refractivity contribution in [2.75, 3.05) is 17.6 Å². The third-order valence-electron chi connectivity index (χ3n) is 3.50. The minimum absolute atomic E-state index is 0.101. The summed E-state index contributed by atoms with van der Waals surface area (Å²) in [6, 6.07) is 2.44. The Bertz CT molecular complexity index is 407. The van der Waals surface area contributed by atoms with E-state index in [4.69, 9.17) is 5.73 Å². The molecule has 2 unspecified atom stereocenters. The van der Waals surface area contributed by atoms with Crippen molar-refractivity contribution in [1.29, 1.82) is 0 Å². The van der Waals surface area contributed by atoms with Crippen LogP contribution in [0, 0.1) is 23.5 Å². The fourth-order valence-corrected chi connectivity index (χ4v) is 2.50. The highest BCUT2D eigenvalue weighted by atomic mass is 19.2. The molecule has 4 heteroatoms. The molecule has 2 rings (SSSR count). The first kappa shape index (κ1) is 12.1. The van der Waals surface area contributed by atoms with Crippen LogP contribution in [-0.2, 0) is 0 Å². The Balaban J connectivity index is 2.01. The Kier molecular flexibility index (Phi) is 3.50. The molecule has 1 aliphatic rings. The van der Waals surface area contributed by atoms with Crippen molar-refractivity contribution in [3.63, 3.8) is 0 Å². The summed E-state index contributed by atoms with van der Waals surface area (Å²) >= 11 is 0. The van der Waals surface area contributed by atoms with Crippen LogP contribution in [0.15, 0.2) is 12.1 Å². The summed E-state index contributed by atoms with van der Waals surface area (Å²) in [7, 11) is 0. The van der Waals surface area contributed by atoms with Crippen molar-refractivity contribution in [2.24, 2.45) is 11.8 Å². The van der Waals surface area contributed by atoms with Crippen molar-refractivity contribution >= 4 is 11.4 Å². The molecule has 1 aromatic rings. The summed E-state index contributed by atoms with van der Waals surface area (Å²) in [5, 5.41) is 2.94. The molecule has 0 heterocycles. The molecule has 0 aliphatic heterocycles. The summed E-state index contributed by atoms with van der Waals surface area (Å²) in [6.07, 6.45) is 3.50. The smallest absolute Gasteiger partial charge is 0.183 e. The molecule has 1 fully saturated rings. The fraction of sp³-hybridized carbons (Fsp3) is 0.538. The van der Waals surface area contributed by atoms with Gasteiger partial charge in [-0.25, -0.2) is 8.78 Å². The summed E-state index contributed by atoms with van der Waals surface area (Å²) < 4.78 is 26.5. The molecule has 2 atom stereocenters. The van der Waals surface area contributed by atoms with E-state index >= 15 is 0 Å². The van der Waals surface area contributed by atoms with E-state index in [9.17, 15) is 8.78 Å². The summed E-state index contributed by atoms with van der Waals surface area (Å²) in [4.78, 5) is 0. The van der Waals surface area contributed by atoms with Crippen LogP contribution in [-0.4, -0.2) is 6.54 Å². The van der Waals surface area contributed by atoms with Crippen LogP contribution in [0.2, 0.25) is 0 Å². The highest BCUT2D eigenvalue weighted by molar-refractivity contribution is 5.66. The van der Waals surface area contributed by atoms with Crippen LogP contribution >= 0.6 is 0 Å². The molecule has 1 aliphatic carbocycles. The molecule has 2 nitrogen and oxygen atoms in total. The predicted octanol–water partition coefficient (Wildman–Crippen LogP) is 3.40. The molecule has 0 radical (unpaired) electrons. The van der Waals surface area contributed by atoms with Crippen LogP contribution in [0.25, 0.3) is 0 Å². The third-order valence-corrected chi connectivity index (χ3v) is 3.50. The Hall–Kier alpha value is -1.32. The van der Waals surface area contributed by atoms with Crippen molar-refractivity contribution in [1.82, 2.24) is 0 Å². The molecule has 0 saturated heterocycles. The van der Waals surface area contributed by atoms with E-state index in [2.05, 4.69) is 12.2 Å². The van der Waals surface area contributed by atoms with Crippen molar-refractivity contribution in [3.8, 4) is 0 Å². The van der Waals surface area contributed by atoms with Crippen LogP contribution in [0.4, 0.5) is 20.2 Å². The van der Waals surface area contributed by atoms with Gasteiger partial charge in [-0.05, 0) is 36.8 Å². The average molecular weight is 240 g/mol. The fourth-order valence-electron chi connectivity index (χ4n) is 2.50. The average Bonchev–Trinajstić information content (AvgIpc) is 2.70. The summed E-state index contributed by atoms with van der Waals surface area (Å²) in [6.45, 7) is 2.88. The van der Waals surface area contributed by atoms with Gasteiger partial charge < -0.3 is 11.1 Å². The van der Waals surface area contributed by atoms with Crippen LogP contribution in [0.3, 0.4) is 0 Å². The number of hydrogen-bond acceptors (Lipinski definition) is 2. The van der Waals surface area contributed by atoms with Gasteiger partial charge in [0.1, 0.15) is 0 Å². The second-order valence-corrected chi connectivity index (χ2v) is 4.99. The zero-order valence-electron chi connectivity index (χ0n) is 9.97. The number of nitrogens with one attached hydrogen (secondary N) is 1. The van der Waals surface area contributed by atoms with Crippen molar-refractivity contribution < 1.29 is 8.78 Å². The van der Waals surface area contributed by atoms with Gasteiger partial charge in [0, 0.05) is 6.54 Å². The topological polar surface area (TPSA) is 38.0 Å². The maximum absolute atomic E-state index is 13.5. The van der Waals surface area contributed by atoms with Crippen molar-refractivity contribution in [2.45, 2.75) is 26.2 Å². The molecular weight excluding hydrogens is 222 g/mol. The standard InChI is InChI=1S/C13H18F2N2/c1-8-2-3-9(6-8)7-17-13-11(16)5-4-10(14)12(13)15/h4-5,8-9,17H,2-3,6-7,16H2,1H3. The molecule has 3 N–H and O–H groups in total. The number of hydrogen-bond donors (Lipinski definition) is 2. The molecule has 1 aromatic carbocycles. The zero-order valence-corrected chi connectivity index (χ0v) is 9.97. The minimum atomic E-state index is -0.879. The van der Waals surface area contributed by atoms with E-state index in [-0.39, 0.29) is 11.4 Å². The van der Waals surface area contributed by atoms with Gasteiger partial charge in [-0.2, -0.15) is 0 Å². The van der Waals surface area contributed by atoms with Crippen LogP contribution < -0.4 is 11.1 Å². The largest absolute Gasteiger partial charge is 0.397 e. The molecule has 0 aromatic heterocycles. The summed E-state index contributed by atoms with van der Waals surface area (Å²) in [5.41, 5.74) is 5.99. The van der Waals surface area contributed by atoms with E-state index in [0.29, 0.717) is 12.5 Å². The zero-order chi connectivity index (χ0) is 12.4. The predicted molar refractivity (Wildman–Crippen MR) is 65.8 cm³/mol. The lowest BCUT2D eigenvalue weighted by molar-refractivity contribution is 0.506. The Morgan fingerprint density at radius 2 is 2.12 bits per heavy atom. The lowest BCUT2D eigenvalue weighted by Crippen LogP contribution is -2.14. The first-order chi connectivity index (χ1) is 8.08. The second kappa shape index (κ2) is 4.90. The lowest BCUT2D eigenvalue weighted by Gasteiger charge is -2.14. The van der Waals surface area contributed by atoms with Gasteiger partial charge in [-0.15, -0.1) is 0 Å². The molecule has 94 valence electrons. The molecular formula is C13H18F2N2. The molecule has 1 saturated carbocycles. The molecule has 0 spiro atoms. The first-order valence-electron chi connectivity index (χ1n) is 6.05. The Morgan fingerprint density at radius 1 is 1.35 bits per heavy atom. The number of rotatable bonds is 3. The van der Waals surface area contributed by atoms with Gasteiger partial charge in [0.05, 0.1) is 11.4 Å². The Morgan fingerprint density at radius 3 is 2.76 bits per heavy atom. The quantitative estimate of drug-likeness (QED) is 0.795. The number of halogens is 2. The normalized spacial score (nSPS) is 23.9.